The lowest BCUT2D eigenvalue weighted by molar-refractivity contribution is -0.131. The van der Waals surface area contributed by atoms with Crippen LogP contribution in [0, 0.1) is 0 Å². The highest BCUT2D eigenvalue weighted by molar-refractivity contribution is 6.30. The molecule has 1 aromatic rings. The van der Waals surface area contributed by atoms with Gasteiger partial charge in [0.15, 0.2) is 0 Å². The zero-order valence-electron chi connectivity index (χ0n) is 13.9. The minimum atomic E-state index is -0.229. The van der Waals surface area contributed by atoms with Crippen molar-refractivity contribution in [1.29, 1.82) is 0 Å². The maximum Gasteiger partial charge on any atom is 0.315 e. The molecule has 0 spiro atoms. The zero-order valence-corrected chi connectivity index (χ0v) is 14.6. The SMILES string of the molecule is CC(C)(C)N1CC(NC(=O)NCCc2ccc(Cl)cc2)CC1=O. The van der Waals surface area contributed by atoms with Gasteiger partial charge in [-0.05, 0) is 44.9 Å². The van der Waals surface area contributed by atoms with Crippen molar-refractivity contribution in [3.05, 3.63) is 34.9 Å². The molecule has 1 aliphatic rings. The van der Waals surface area contributed by atoms with Gasteiger partial charge in [-0.3, -0.25) is 4.79 Å². The Labute approximate surface area is 142 Å². The van der Waals surface area contributed by atoms with E-state index in [4.69, 9.17) is 11.6 Å². The van der Waals surface area contributed by atoms with Crippen LogP contribution in [-0.4, -0.2) is 41.5 Å². The van der Waals surface area contributed by atoms with Gasteiger partial charge in [-0.1, -0.05) is 23.7 Å². The van der Waals surface area contributed by atoms with Gasteiger partial charge in [0.2, 0.25) is 5.91 Å². The average molecular weight is 338 g/mol. The molecule has 126 valence electrons. The van der Waals surface area contributed by atoms with Gasteiger partial charge >= 0.3 is 6.03 Å². The maximum atomic E-state index is 12.0. The van der Waals surface area contributed by atoms with Gasteiger partial charge < -0.3 is 15.5 Å². The second-order valence-corrected chi connectivity index (χ2v) is 7.29. The highest BCUT2D eigenvalue weighted by Crippen LogP contribution is 2.21. The molecule has 2 rings (SSSR count). The number of amides is 3. The van der Waals surface area contributed by atoms with Gasteiger partial charge in [-0.15, -0.1) is 0 Å². The van der Waals surface area contributed by atoms with Crippen LogP contribution in [0.4, 0.5) is 4.79 Å². The van der Waals surface area contributed by atoms with E-state index in [2.05, 4.69) is 10.6 Å². The molecule has 6 heteroatoms. The summed E-state index contributed by atoms with van der Waals surface area (Å²) >= 11 is 5.84. The Balaban J connectivity index is 1.73. The second-order valence-electron chi connectivity index (χ2n) is 6.85. The number of hydrogen-bond acceptors (Lipinski definition) is 2. The van der Waals surface area contributed by atoms with Crippen LogP contribution in [0.1, 0.15) is 32.8 Å². The summed E-state index contributed by atoms with van der Waals surface area (Å²) in [5.74, 6) is 0.0870. The number of urea groups is 1. The lowest BCUT2D eigenvalue weighted by atomic mass is 10.1. The van der Waals surface area contributed by atoms with Crippen LogP contribution in [-0.2, 0) is 11.2 Å². The smallest absolute Gasteiger partial charge is 0.315 e. The second kappa shape index (κ2) is 7.21. The van der Waals surface area contributed by atoms with Crippen molar-refractivity contribution in [2.24, 2.45) is 0 Å². The number of likely N-dealkylation sites (tertiary alicyclic amines) is 1. The minimum Gasteiger partial charge on any atom is -0.338 e. The molecular weight excluding hydrogens is 314 g/mol. The van der Waals surface area contributed by atoms with E-state index in [9.17, 15) is 9.59 Å². The summed E-state index contributed by atoms with van der Waals surface area (Å²) in [6.07, 6.45) is 1.10. The van der Waals surface area contributed by atoms with Crippen molar-refractivity contribution in [3.8, 4) is 0 Å². The van der Waals surface area contributed by atoms with Crippen molar-refractivity contribution < 1.29 is 9.59 Å². The van der Waals surface area contributed by atoms with E-state index < -0.39 is 0 Å². The van der Waals surface area contributed by atoms with Gasteiger partial charge in [-0.2, -0.15) is 0 Å². The van der Waals surface area contributed by atoms with Crippen molar-refractivity contribution in [1.82, 2.24) is 15.5 Å². The molecule has 1 fully saturated rings. The zero-order chi connectivity index (χ0) is 17.0. The fourth-order valence-corrected chi connectivity index (χ4v) is 2.79. The van der Waals surface area contributed by atoms with E-state index >= 15 is 0 Å². The lowest BCUT2D eigenvalue weighted by Gasteiger charge is -2.32. The molecule has 23 heavy (non-hydrogen) atoms. The Morgan fingerprint density at radius 3 is 2.52 bits per heavy atom. The normalized spacial score (nSPS) is 18.2. The maximum absolute atomic E-state index is 12.0. The molecule has 0 bridgehead atoms. The number of halogens is 1. The van der Waals surface area contributed by atoms with Gasteiger partial charge in [0.05, 0.1) is 6.04 Å². The molecule has 1 unspecified atom stereocenters. The Kier molecular flexibility index (Phi) is 5.52. The van der Waals surface area contributed by atoms with E-state index in [-0.39, 0.29) is 23.5 Å². The van der Waals surface area contributed by atoms with Gasteiger partial charge in [0.25, 0.3) is 0 Å². The Morgan fingerprint density at radius 2 is 1.96 bits per heavy atom. The van der Waals surface area contributed by atoms with Crippen molar-refractivity contribution >= 4 is 23.5 Å². The summed E-state index contributed by atoms with van der Waals surface area (Å²) in [5.41, 5.74) is 0.906. The molecule has 1 aliphatic heterocycles. The standard InChI is InChI=1S/C17H24ClN3O2/c1-17(2,3)21-11-14(10-15(21)22)20-16(23)19-9-8-12-4-6-13(18)7-5-12/h4-7,14H,8-11H2,1-3H3,(H2,19,20,23). The average Bonchev–Trinajstić information content (AvgIpc) is 2.82. The third kappa shape index (κ3) is 5.13. The number of carbonyl (C=O) groups excluding carboxylic acids is 2. The van der Waals surface area contributed by atoms with Crippen LogP contribution in [0.15, 0.2) is 24.3 Å². The summed E-state index contributed by atoms with van der Waals surface area (Å²) in [5, 5.41) is 6.40. The van der Waals surface area contributed by atoms with Crippen molar-refractivity contribution in [3.63, 3.8) is 0 Å². The highest BCUT2D eigenvalue weighted by Gasteiger charge is 2.36. The van der Waals surface area contributed by atoms with E-state index in [0.29, 0.717) is 24.5 Å². The molecule has 1 heterocycles. The lowest BCUT2D eigenvalue weighted by Crippen LogP contribution is -2.46. The van der Waals surface area contributed by atoms with Gasteiger partial charge in [0, 0.05) is 30.1 Å². The quantitative estimate of drug-likeness (QED) is 0.887. The monoisotopic (exact) mass is 337 g/mol. The first-order valence-corrected chi connectivity index (χ1v) is 8.23. The number of carbonyl (C=O) groups is 2. The van der Waals surface area contributed by atoms with Gasteiger partial charge in [-0.25, -0.2) is 4.79 Å². The predicted molar refractivity (Wildman–Crippen MR) is 91.6 cm³/mol. The summed E-state index contributed by atoms with van der Waals surface area (Å²) in [4.78, 5) is 25.7. The minimum absolute atomic E-state index is 0.0870. The number of benzene rings is 1. The Bertz CT molecular complexity index is 566. The van der Waals surface area contributed by atoms with Crippen molar-refractivity contribution in [2.75, 3.05) is 13.1 Å². The number of nitrogens with one attached hydrogen (secondary N) is 2. The first-order valence-electron chi connectivity index (χ1n) is 7.85. The molecule has 1 saturated heterocycles. The van der Waals surface area contributed by atoms with E-state index in [1.54, 1.807) is 0 Å². The van der Waals surface area contributed by atoms with Crippen molar-refractivity contribution in [2.45, 2.75) is 45.2 Å². The van der Waals surface area contributed by atoms with Crippen LogP contribution in [0.2, 0.25) is 5.02 Å². The molecule has 2 N–H and O–H groups in total. The third-order valence-electron chi connectivity index (χ3n) is 3.88. The van der Waals surface area contributed by atoms with Crippen LogP contribution >= 0.6 is 11.6 Å². The largest absolute Gasteiger partial charge is 0.338 e. The van der Waals surface area contributed by atoms with E-state index in [1.165, 1.54) is 0 Å². The number of hydrogen-bond donors (Lipinski definition) is 2. The Morgan fingerprint density at radius 1 is 1.30 bits per heavy atom. The summed E-state index contributed by atoms with van der Waals surface area (Å²) in [6.45, 7) is 7.10. The van der Waals surface area contributed by atoms with Crippen LogP contribution in [0.3, 0.4) is 0 Å². The molecule has 5 nitrogen and oxygen atoms in total. The molecule has 1 aromatic carbocycles. The topological polar surface area (TPSA) is 61.4 Å². The van der Waals surface area contributed by atoms with Crippen LogP contribution in [0.5, 0.6) is 0 Å². The van der Waals surface area contributed by atoms with Crippen LogP contribution in [0.25, 0.3) is 0 Å². The predicted octanol–water partition coefficient (Wildman–Crippen LogP) is 2.58. The van der Waals surface area contributed by atoms with Gasteiger partial charge in [0.1, 0.15) is 0 Å². The third-order valence-corrected chi connectivity index (χ3v) is 4.13. The summed E-state index contributed by atoms with van der Waals surface area (Å²) in [6, 6.07) is 7.20. The Hall–Kier alpha value is -1.75. The fraction of sp³-hybridized carbons (Fsp3) is 0.529. The molecule has 0 aromatic heterocycles. The molecule has 0 saturated carbocycles. The molecular formula is C17H24ClN3O2. The fourth-order valence-electron chi connectivity index (χ4n) is 2.66. The highest BCUT2D eigenvalue weighted by atomic mass is 35.5. The van der Waals surface area contributed by atoms with E-state index in [1.807, 2.05) is 49.9 Å². The first kappa shape index (κ1) is 17.6. The molecule has 3 amide bonds. The first-order chi connectivity index (χ1) is 10.8. The number of rotatable bonds is 4. The summed E-state index contributed by atoms with van der Waals surface area (Å²) in [7, 11) is 0. The van der Waals surface area contributed by atoms with E-state index in [0.717, 1.165) is 12.0 Å². The molecule has 0 radical (unpaired) electrons. The number of nitrogens with zero attached hydrogens (tertiary/aromatic N) is 1. The van der Waals surface area contributed by atoms with Crippen LogP contribution < -0.4 is 10.6 Å². The summed E-state index contributed by atoms with van der Waals surface area (Å²) < 4.78 is 0. The molecule has 0 aliphatic carbocycles. The molecule has 1 atom stereocenters.